The lowest BCUT2D eigenvalue weighted by Crippen LogP contribution is -2.41. The third-order valence-corrected chi connectivity index (χ3v) is 2.54. The number of carboxylic acid groups (broad SMARTS) is 2. The molecule has 124 valence electrons. The molecular formula is C13H18O9. The zero-order chi connectivity index (χ0) is 17.3. The van der Waals surface area contributed by atoms with E-state index in [0.29, 0.717) is 0 Å². The summed E-state index contributed by atoms with van der Waals surface area (Å²) in [6.45, 7) is -1.28. The molecule has 1 aromatic carbocycles. The number of benzene rings is 1. The van der Waals surface area contributed by atoms with Crippen molar-refractivity contribution in [3.63, 3.8) is 0 Å². The molecule has 0 aromatic heterocycles. The maximum absolute atomic E-state index is 10.3. The molecule has 9 heteroatoms. The molecule has 0 bridgehead atoms. The van der Waals surface area contributed by atoms with E-state index >= 15 is 0 Å². The van der Waals surface area contributed by atoms with Crippen LogP contribution in [0, 0.1) is 0 Å². The fourth-order valence-electron chi connectivity index (χ4n) is 1.23. The number of hydrogen-bond acceptors (Lipinski definition) is 7. The van der Waals surface area contributed by atoms with Crippen LogP contribution >= 0.6 is 0 Å². The molecule has 0 fully saturated rings. The maximum Gasteiger partial charge on any atom is 0.335 e. The van der Waals surface area contributed by atoms with E-state index in [1.54, 1.807) is 0 Å². The average Bonchev–Trinajstić information content (AvgIpc) is 2.53. The summed E-state index contributed by atoms with van der Waals surface area (Å²) in [4.78, 5) is 20.7. The minimum absolute atomic E-state index is 0.0833. The number of aliphatic hydroxyl groups is 5. The third-order valence-electron chi connectivity index (χ3n) is 2.54. The molecule has 0 aliphatic heterocycles. The van der Waals surface area contributed by atoms with Crippen LogP contribution in [-0.2, 0) is 0 Å². The van der Waals surface area contributed by atoms with Gasteiger partial charge < -0.3 is 35.7 Å². The summed E-state index contributed by atoms with van der Waals surface area (Å²) >= 11 is 0. The molecule has 0 saturated carbocycles. The summed E-state index contributed by atoms with van der Waals surface area (Å²) in [7, 11) is 0. The van der Waals surface area contributed by atoms with Crippen molar-refractivity contribution >= 4 is 11.9 Å². The van der Waals surface area contributed by atoms with Gasteiger partial charge in [-0.15, -0.1) is 0 Å². The first kappa shape index (κ1) is 20.0. The Labute approximate surface area is 125 Å². The number of carbonyl (C=O) groups is 2. The molecule has 1 rings (SSSR count). The summed E-state index contributed by atoms with van der Waals surface area (Å²) in [5.74, 6) is -2.13. The van der Waals surface area contributed by atoms with Crippen molar-refractivity contribution in [2.75, 3.05) is 13.2 Å². The number of hydrogen-bond donors (Lipinski definition) is 7. The Morgan fingerprint density at radius 2 is 1.05 bits per heavy atom. The lowest BCUT2D eigenvalue weighted by molar-refractivity contribution is -0.0900. The summed E-state index contributed by atoms with van der Waals surface area (Å²) in [6.07, 6.45) is -4.29. The van der Waals surface area contributed by atoms with E-state index in [9.17, 15) is 9.59 Å². The highest BCUT2D eigenvalue weighted by atomic mass is 16.4. The van der Waals surface area contributed by atoms with Crippen molar-refractivity contribution in [2.24, 2.45) is 0 Å². The van der Waals surface area contributed by atoms with Gasteiger partial charge in [0, 0.05) is 0 Å². The van der Waals surface area contributed by atoms with Crippen LogP contribution in [0.2, 0.25) is 0 Å². The zero-order valence-electron chi connectivity index (χ0n) is 11.4. The van der Waals surface area contributed by atoms with E-state index in [1.807, 2.05) is 0 Å². The fourth-order valence-corrected chi connectivity index (χ4v) is 1.23. The van der Waals surface area contributed by atoms with E-state index < -0.39 is 43.5 Å². The van der Waals surface area contributed by atoms with E-state index in [0.717, 1.165) is 0 Å². The van der Waals surface area contributed by atoms with E-state index in [2.05, 4.69) is 0 Å². The summed E-state index contributed by atoms with van der Waals surface area (Å²) in [5, 5.41) is 59.5. The van der Waals surface area contributed by atoms with Gasteiger partial charge in [-0.3, -0.25) is 0 Å². The molecule has 2 atom stereocenters. The standard InChI is InChI=1S/C8H6O4.C5H12O5/c9-7(10)5-1-2-6(4-3-5)8(11)12;6-1-3(8)5(10)4(9)2-7/h1-4H,(H,9,10)(H,11,12);3-10H,1-2H2. The molecule has 0 amide bonds. The molecule has 0 heterocycles. The highest BCUT2D eigenvalue weighted by molar-refractivity contribution is 5.91. The second kappa shape index (κ2) is 9.82. The van der Waals surface area contributed by atoms with Crippen LogP contribution in [0.5, 0.6) is 0 Å². The summed E-state index contributed by atoms with van der Waals surface area (Å²) in [5.41, 5.74) is 0.167. The quantitative estimate of drug-likeness (QED) is 0.317. The largest absolute Gasteiger partial charge is 0.478 e. The molecule has 0 aliphatic carbocycles. The minimum atomic E-state index is -1.49. The summed E-state index contributed by atoms with van der Waals surface area (Å²) < 4.78 is 0. The number of aromatic carboxylic acids is 2. The van der Waals surface area contributed by atoms with Gasteiger partial charge in [-0.2, -0.15) is 0 Å². The summed E-state index contributed by atoms with van der Waals surface area (Å²) in [6, 6.07) is 5.02. The van der Waals surface area contributed by atoms with Gasteiger partial charge in [0.15, 0.2) is 0 Å². The van der Waals surface area contributed by atoms with Gasteiger partial charge in [-0.1, -0.05) is 0 Å². The number of aliphatic hydroxyl groups excluding tert-OH is 5. The van der Waals surface area contributed by atoms with Crippen molar-refractivity contribution in [3.8, 4) is 0 Å². The van der Waals surface area contributed by atoms with Crippen LogP contribution in [0.3, 0.4) is 0 Å². The second-order valence-electron chi connectivity index (χ2n) is 4.18. The van der Waals surface area contributed by atoms with Crippen molar-refractivity contribution in [1.82, 2.24) is 0 Å². The van der Waals surface area contributed by atoms with Gasteiger partial charge in [-0.05, 0) is 24.3 Å². The molecule has 1 aromatic rings. The molecule has 0 radical (unpaired) electrons. The zero-order valence-corrected chi connectivity index (χ0v) is 11.4. The predicted octanol–water partition coefficient (Wildman–Crippen LogP) is -1.86. The van der Waals surface area contributed by atoms with E-state index in [1.165, 1.54) is 24.3 Å². The lowest BCUT2D eigenvalue weighted by Gasteiger charge is -2.19. The molecule has 0 saturated heterocycles. The average molecular weight is 318 g/mol. The van der Waals surface area contributed by atoms with Gasteiger partial charge >= 0.3 is 11.9 Å². The molecule has 0 spiro atoms. The first-order valence-electron chi connectivity index (χ1n) is 6.07. The van der Waals surface area contributed by atoms with Gasteiger partial charge in [0.1, 0.15) is 18.3 Å². The van der Waals surface area contributed by atoms with Crippen molar-refractivity contribution in [2.45, 2.75) is 18.3 Å². The van der Waals surface area contributed by atoms with Gasteiger partial charge in [0.05, 0.1) is 24.3 Å². The predicted molar refractivity (Wildman–Crippen MR) is 72.6 cm³/mol. The highest BCUT2D eigenvalue weighted by Gasteiger charge is 2.22. The first-order valence-corrected chi connectivity index (χ1v) is 6.07. The van der Waals surface area contributed by atoms with Crippen LogP contribution in [0.15, 0.2) is 24.3 Å². The van der Waals surface area contributed by atoms with Crippen molar-refractivity contribution < 1.29 is 45.3 Å². The van der Waals surface area contributed by atoms with Crippen LogP contribution in [0.25, 0.3) is 0 Å². The first-order chi connectivity index (χ1) is 10.2. The molecular weight excluding hydrogens is 300 g/mol. The van der Waals surface area contributed by atoms with Crippen LogP contribution in [-0.4, -0.2) is 79.2 Å². The molecule has 0 aliphatic rings. The Kier molecular flexibility index (Phi) is 8.91. The highest BCUT2D eigenvalue weighted by Crippen LogP contribution is 2.03. The van der Waals surface area contributed by atoms with Crippen molar-refractivity contribution in [3.05, 3.63) is 35.4 Å². The van der Waals surface area contributed by atoms with E-state index in [4.69, 9.17) is 35.7 Å². The number of rotatable bonds is 6. The van der Waals surface area contributed by atoms with Crippen LogP contribution in [0.4, 0.5) is 0 Å². The molecule has 7 N–H and O–H groups in total. The van der Waals surface area contributed by atoms with E-state index in [-0.39, 0.29) is 11.1 Å². The molecule has 22 heavy (non-hydrogen) atoms. The normalized spacial score (nSPS) is 14.2. The Morgan fingerprint density at radius 1 is 0.773 bits per heavy atom. The van der Waals surface area contributed by atoms with Gasteiger partial charge in [0.25, 0.3) is 0 Å². The maximum atomic E-state index is 10.3. The topological polar surface area (TPSA) is 176 Å². The fraction of sp³-hybridized carbons (Fsp3) is 0.385. The Bertz CT molecular complexity index is 428. The van der Waals surface area contributed by atoms with Crippen LogP contribution < -0.4 is 0 Å². The van der Waals surface area contributed by atoms with Gasteiger partial charge in [0.2, 0.25) is 0 Å². The third kappa shape index (κ3) is 6.61. The molecule has 2 unspecified atom stereocenters. The lowest BCUT2D eigenvalue weighted by atomic mass is 10.1. The SMILES string of the molecule is O=C(O)c1ccc(C(=O)O)cc1.OCC(O)C(O)C(O)CO. The monoisotopic (exact) mass is 318 g/mol. The minimum Gasteiger partial charge on any atom is -0.478 e. The Balaban J connectivity index is 0.000000409. The Hall–Kier alpha value is -2.04. The second-order valence-corrected chi connectivity index (χ2v) is 4.18. The van der Waals surface area contributed by atoms with Crippen molar-refractivity contribution in [1.29, 1.82) is 0 Å². The molecule has 9 nitrogen and oxygen atoms in total. The van der Waals surface area contributed by atoms with Gasteiger partial charge in [-0.25, -0.2) is 9.59 Å². The van der Waals surface area contributed by atoms with Crippen LogP contribution in [0.1, 0.15) is 20.7 Å². The number of carboxylic acids is 2. The Morgan fingerprint density at radius 3 is 1.23 bits per heavy atom. The smallest absolute Gasteiger partial charge is 0.335 e.